The van der Waals surface area contributed by atoms with E-state index in [1.807, 2.05) is 61.5 Å². The minimum Gasteiger partial charge on any atom is -0.345 e. The van der Waals surface area contributed by atoms with Gasteiger partial charge >= 0.3 is 0 Å². The third kappa shape index (κ3) is 5.31. The topological polar surface area (TPSA) is 66.5 Å². The third-order valence-corrected chi connectivity index (χ3v) is 7.88. The van der Waals surface area contributed by atoms with Crippen molar-refractivity contribution in [3.05, 3.63) is 101 Å². The van der Waals surface area contributed by atoms with Crippen molar-refractivity contribution in [1.29, 1.82) is 0 Å². The molecule has 3 aromatic carbocycles. The number of amides is 1. The van der Waals surface area contributed by atoms with E-state index in [2.05, 4.69) is 5.32 Å². The molecule has 0 aliphatic carbocycles. The Morgan fingerprint density at radius 1 is 1.00 bits per heavy atom. The number of aryl methyl sites for hydroxylation is 1. The quantitative estimate of drug-likeness (QED) is 0.584. The van der Waals surface area contributed by atoms with Gasteiger partial charge in [0.2, 0.25) is 15.9 Å². The number of sulfonamides is 1. The van der Waals surface area contributed by atoms with Crippen molar-refractivity contribution in [2.45, 2.75) is 30.7 Å². The summed E-state index contributed by atoms with van der Waals surface area (Å²) in [7, 11) is -3.80. The van der Waals surface area contributed by atoms with Gasteiger partial charge in [-0.05, 0) is 55.2 Å². The third-order valence-electron chi connectivity index (χ3n) is 6.00. The smallest absolute Gasteiger partial charge is 0.243 e. The largest absolute Gasteiger partial charge is 0.345 e. The molecule has 1 aliphatic heterocycles. The molecular formula is C26H27FN2O3S. The zero-order chi connectivity index (χ0) is 23.4. The monoisotopic (exact) mass is 466 g/mol. The molecule has 1 N–H and O–H groups in total. The number of nitrogens with zero attached hydrogens (tertiary/aromatic N) is 1. The number of carbonyl (C=O) groups is 1. The number of piperidine rings is 1. The van der Waals surface area contributed by atoms with Gasteiger partial charge in [0.05, 0.1) is 16.9 Å². The van der Waals surface area contributed by atoms with E-state index in [0.717, 1.165) is 28.8 Å². The zero-order valence-electron chi connectivity index (χ0n) is 18.4. The summed E-state index contributed by atoms with van der Waals surface area (Å²) in [5.74, 6) is -1.14. The van der Waals surface area contributed by atoms with Gasteiger partial charge in [-0.1, -0.05) is 60.2 Å². The van der Waals surface area contributed by atoms with Gasteiger partial charge in [-0.3, -0.25) is 4.79 Å². The predicted octanol–water partition coefficient (Wildman–Crippen LogP) is 4.44. The zero-order valence-corrected chi connectivity index (χ0v) is 19.3. The number of nitrogens with one attached hydrogen (secondary N) is 1. The summed E-state index contributed by atoms with van der Waals surface area (Å²) in [6, 6.07) is 22.2. The molecule has 0 spiro atoms. The Hall–Kier alpha value is -3.03. The van der Waals surface area contributed by atoms with Crippen molar-refractivity contribution < 1.29 is 17.6 Å². The molecule has 4 rings (SSSR count). The Morgan fingerprint density at radius 2 is 1.70 bits per heavy atom. The summed E-state index contributed by atoms with van der Waals surface area (Å²) in [4.78, 5) is 13.3. The van der Waals surface area contributed by atoms with Crippen LogP contribution in [0.4, 0.5) is 4.39 Å². The molecule has 0 unspecified atom stereocenters. The van der Waals surface area contributed by atoms with Crippen LogP contribution in [0.3, 0.4) is 0 Å². The molecule has 0 saturated carbocycles. The second kappa shape index (κ2) is 9.85. The molecule has 0 aromatic heterocycles. The molecule has 172 valence electrons. The molecule has 1 heterocycles. The first-order chi connectivity index (χ1) is 15.8. The average Bonchev–Trinajstić information content (AvgIpc) is 2.83. The first-order valence-corrected chi connectivity index (χ1v) is 12.5. The summed E-state index contributed by atoms with van der Waals surface area (Å²) < 4.78 is 40.7. The van der Waals surface area contributed by atoms with Crippen molar-refractivity contribution in [3.63, 3.8) is 0 Å². The van der Waals surface area contributed by atoms with Crippen LogP contribution in [0.5, 0.6) is 0 Å². The first-order valence-electron chi connectivity index (χ1n) is 11.0. The minimum absolute atomic E-state index is 0.0341. The van der Waals surface area contributed by atoms with E-state index in [9.17, 15) is 17.6 Å². The molecule has 7 heteroatoms. The van der Waals surface area contributed by atoms with Crippen molar-refractivity contribution in [2.75, 3.05) is 13.1 Å². The highest BCUT2D eigenvalue weighted by atomic mass is 32.2. The lowest BCUT2D eigenvalue weighted by Gasteiger charge is -2.32. The summed E-state index contributed by atoms with van der Waals surface area (Å²) >= 11 is 0. The highest BCUT2D eigenvalue weighted by Crippen LogP contribution is 2.27. The van der Waals surface area contributed by atoms with E-state index in [-0.39, 0.29) is 23.4 Å². The molecule has 1 fully saturated rings. The molecule has 5 nitrogen and oxygen atoms in total. The summed E-state index contributed by atoms with van der Waals surface area (Å²) in [5, 5.41) is 3.16. The van der Waals surface area contributed by atoms with E-state index >= 15 is 0 Å². The molecule has 0 radical (unpaired) electrons. The molecule has 1 amide bonds. The van der Waals surface area contributed by atoms with Crippen LogP contribution in [0.1, 0.15) is 35.6 Å². The fraction of sp³-hybridized carbons (Fsp3) is 0.269. The molecule has 1 saturated heterocycles. The Bertz CT molecular complexity index is 1210. The number of hydrogen-bond donors (Lipinski definition) is 1. The Balaban J connectivity index is 1.54. The Labute approximate surface area is 194 Å². The number of rotatable bonds is 6. The van der Waals surface area contributed by atoms with Crippen LogP contribution in [0.25, 0.3) is 0 Å². The molecule has 0 bridgehead atoms. The SMILES string of the molecule is Cc1cccc([C@H](NC(=O)[C@H]2CCCN(S(=O)(=O)c3ccc(F)cc3)C2)c2ccccc2)c1. The minimum atomic E-state index is -3.80. The van der Waals surface area contributed by atoms with E-state index in [0.29, 0.717) is 19.4 Å². The standard InChI is InChI=1S/C26H27FN2O3S/c1-19-7-5-10-21(17-19)25(20-8-3-2-4-9-20)28-26(30)22-11-6-16-29(18-22)33(31,32)24-14-12-23(27)13-15-24/h2-5,7-10,12-15,17,22,25H,6,11,16,18H2,1H3,(H,28,30)/t22-,25+/m0/s1. The van der Waals surface area contributed by atoms with Crippen LogP contribution in [-0.2, 0) is 14.8 Å². The molecule has 3 aromatic rings. The Kier molecular flexibility index (Phi) is 6.91. The van der Waals surface area contributed by atoms with Gasteiger partial charge in [0.1, 0.15) is 5.82 Å². The van der Waals surface area contributed by atoms with Crippen LogP contribution in [0.15, 0.2) is 83.8 Å². The van der Waals surface area contributed by atoms with Crippen molar-refractivity contribution in [1.82, 2.24) is 9.62 Å². The van der Waals surface area contributed by atoms with Crippen molar-refractivity contribution >= 4 is 15.9 Å². The van der Waals surface area contributed by atoms with Crippen molar-refractivity contribution in [2.24, 2.45) is 5.92 Å². The molecule has 33 heavy (non-hydrogen) atoms. The van der Waals surface area contributed by atoms with Crippen molar-refractivity contribution in [3.8, 4) is 0 Å². The maximum atomic E-state index is 13.3. The van der Waals surface area contributed by atoms with Gasteiger partial charge in [0.25, 0.3) is 0 Å². The van der Waals surface area contributed by atoms with Crippen LogP contribution < -0.4 is 5.32 Å². The fourth-order valence-electron chi connectivity index (χ4n) is 4.24. The van der Waals surface area contributed by atoms with E-state index in [4.69, 9.17) is 0 Å². The van der Waals surface area contributed by atoms with Crippen LogP contribution in [-0.4, -0.2) is 31.7 Å². The molecule has 1 aliphatic rings. The van der Waals surface area contributed by atoms with Gasteiger partial charge in [0.15, 0.2) is 0 Å². The summed E-state index contributed by atoms with van der Waals surface area (Å²) in [6.45, 7) is 2.44. The van der Waals surface area contributed by atoms with Crippen LogP contribution in [0, 0.1) is 18.7 Å². The second-order valence-corrected chi connectivity index (χ2v) is 10.4. The summed E-state index contributed by atoms with van der Waals surface area (Å²) in [6.07, 6.45) is 1.19. The van der Waals surface area contributed by atoms with Gasteiger partial charge in [-0.2, -0.15) is 4.31 Å². The van der Waals surface area contributed by atoms with Crippen LogP contribution >= 0.6 is 0 Å². The number of hydrogen-bond acceptors (Lipinski definition) is 3. The Morgan fingerprint density at radius 3 is 2.39 bits per heavy atom. The highest BCUT2D eigenvalue weighted by molar-refractivity contribution is 7.89. The first kappa shape index (κ1) is 23.1. The lowest BCUT2D eigenvalue weighted by molar-refractivity contribution is -0.126. The maximum Gasteiger partial charge on any atom is 0.243 e. The van der Waals surface area contributed by atoms with Gasteiger partial charge in [-0.25, -0.2) is 12.8 Å². The second-order valence-electron chi connectivity index (χ2n) is 8.42. The summed E-state index contributed by atoms with van der Waals surface area (Å²) in [5.41, 5.74) is 3.03. The van der Waals surface area contributed by atoms with Gasteiger partial charge < -0.3 is 5.32 Å². The predicted molar refractivity (Wildman–Crippen MR) is 125 cm³/mol. The lowest BCUT2D eigenvalue weighted by Crippen LogP contribution is -2.46. The number of halogens is 1. The van der Waals surface area contributed by atoms with E-state index in [1.54, 1.807) is 0 Å². The van der Waals surface area contributed by atoms with E-state index < -0.39 is 21.8 Å². The van der Waals surface area contributed by atoms with Gasteiger partial charge in [-0.15, -0.1) is 0 Å². The number of carbonyl (C=O) groups excluding carboxylic acids is 1. The average molecular weight is 467 g/mol. The normalized spacial score (nSPS) is 17.9. The molecular weight excluding hydrogens is 439 g/mol. The van der Waals surface area contributed by atoms with Gasteiger partial charge in [0, 0.05) is 13.1 Å². The number of benzene rings is 3. The van der Waals surface area contributed by atoms with Crippen LogP contribution in [0.2, 0.25) is 0 Å². The fourth-order valence-corrected chi connectivity index (χ4v) is 5.77. The highest BCUT2D eigenvalue weighted by Gasteiger charge is 2.34. The van der Waals surface area contributed by atoms with E-state index in [1.165, 1.54) is 16.4 Å². The maximum absolute atomic E-state index is 13.3. The molecule has 2 atom stereocenters. The lowest BCUT2D eigenvalue weighted by atomic mass is 9.94.